The van der Waals surface area contributed by atoms with Crippen LogP contribution in [0.1, 0.15) is 29.5 Å². The summed E-state index contributed by atoms with van der Waals surface area (Å²) in [5, 5.41) is 11.2. The predicted octanol–water partition coefficient (Wildman–Crippen LogP) is 2.05. The monoisotopic (exact) mass is 307 g/mol. The summed E-state index contributed by atoms with van der Waals surface area (Å²) in [6, 6.07) is 13.5. The summed E-state index contributed by atoms with van der Waals surface area (Å²) >= 11 is 0. The zero-order chi connectivity index (χ0) is 16.2. The molecule has 0 spiro atoms. The minimum absolute atomic E-state index is 0.0250. The first-order valence-corrected chi connectivity index (χ1v) is 7.57. The lowest BCUT2D eigenvalue weighted by molar-refractivity contribution is -0.00197. The number of benzene rings is 2. The molecule has 3 aromatic rings. The van der Waals surface area contributed by atoms with E-state index in [1.807, 2.05) is 43.3 Å². The van der Waals surface area contributed by atoms with E-state index in [2.05, 4.69) is 9.97 Å². The van der Waals surface area contributed by atoms with E-state index in [4.69, 9.17) is 5.73 Å². The van der Waals surface area contributed by atoms with Gasteiger partial charge in [-0.1, -0.05) is 30.3 Å². The third-order valence-corrected chi connectivity index (χ3v) is 4.79. The number of aromatic amines is 1. The van der Waals surface area contributed by atoms with Gasteiger partial charge in [-0.25, -0.2) is 4.98 Å². The number of rotatable bonds is 2. The average Bonchev–Trinajstić information content (AvgIpc) is 2.53. The quantitative estimate of drug-likeness (QED) is 0.675. The van der Waals surface area contributed by atoms with Crippen LogP contribution in [-0.2, 0) is 12.0 Å². The van der Waals surface area contributed by atoms with E-state index in [-0.39, 0.29) is 17.4 Å². The second kappa shape index (κ2) is 4.67. The Morgan fingerprint density at radius 2 is 2.09 bits per heavy atom. The van der Waals surface area contributed by atoms with Crippen LogP contribution < -0.4 is 11.3 Å². The number of hydrogen-bond donors (Lipinski definition) is 3. The van der Waals surface area contributed by atoms with Gasteiger partial charge in [-0.05, 0) is 42.2 Å². The molecule has 5 nitrogen and oxygen atoms in total. The summed E-state index contributed by atoms with van der Waals surface area (Å²) in [5.74, 6) is 0.142. The molecule has 0 radical (unpaired) electrons. The molecule has 23 heavy (non-hydrogen) atoms. The molecule has 0 aliphatic heterocycles. The summed E-state index contributed by atoms with van der Waals surface area (Å²) in [7, 11) is 0. The fraction of sp³-hybridized carbons (Fsp3) is 0.222. The first kappa shape index (κ1) is 14.0. The molecule has 1 aliphatic rings. The topological polar surface area (TPSA) is 92.0 Å². The maximum atomic E-state index is 12.0. The second-order valence-corrected chi connectivity index (χ2v) is 6.29. The lowest BCUT2D eigenvalue weighted by Crippen LogP contribution is -2.42. The maximum absolute atomic E-state index is 12.0. The molecule has 1 aromatic heterocycles. The Morgan fingerprint density at radius 3 is 2.91 bits per heavy atom. The first-order chi connectivity index (χ1) is 11.0. The van der Waals surface area contributed by atoms with Crippen molar-refractivity contribution in [1.82, 2.24) is 9.97 Å². The molecule has 4 rings (SSSR count). The van der Waals surface area contributed by atoms with E-state index < -0.39 is 5.60 Å². The molecule has 2 unspecified atom stereocenters. The van der Waals surface area contributed by atoms with Crippen molar-refractivity contribution < 1.29 is 5.11 Å². The smallest absolute Gasteiger partial charge is 0.260 e. The molecule has 5 heteroatoms. The number of aliphatic hydroxyl groups is 1. The third kappa shape index (κ3) is 2.04. The molecule has 0 amide bonds. The third-order valence-electron chi connectivity index (χ3n) is 4.79. The van der Waals surface area contributed by atoms with Gasteiger partial charge < -0.3 is 10.8 Å². The fourth-order valence-corrected chi connectivity index (χ4v) is 3.55. The van der Waals surface area contributed by atoms with Crippen LogP contribution >= 0.6 is 0 Å². The van der Waals surface area contributed by atoms with Crippen molar-refractivity contribution in [3.63, 3.8) is 0 Å². The summed E-state index contributed by atoms with van der Waals surface area (Å²) in [6.45, 7) is 1.84. The summed E-state index contributed by atoms with van der Waals surface area (Å²) in [4.78, 5) is 18.7. The molecule has 1 heterocycles. The minimum Gasteiger partial charge on any atom is -0.385 e. The SMILES string of the molecule is CC1(O)c2ccccc2C1Cc1ccc2nc(N)[nH]c(=O)c2c1. The van der Waals surface area contributed by atoms with E-state index in [0.717, 1.165) is 11.1 Å². The van der Waals surface area contributed by atoms with Gasteiger partial charge in [-0.2, -0.15) is 0 Å². The Morgan fingerprint density at radius 1 is 1.30 bits per heavy atom. The van der Waals surface area contributed by atoms with Gasteiger partial charge in [0.05, 0.1) is 16.5 Å². The maximum Gasteiger partial charge on any atom is 0.260 e. The lowest BCUT2D eigenvalue weighted by atomic mass is 9.63. The largest absolute Gasteiger partial charge is 0.385 e. The van der Waals surface area contributed by atoms with Crippen LogP contribution in [0, 0.1) is 0 Å². The molecule has 4 N–H and O–H groups in total. The van der Waals surface area contributed by atoms with Crippen LogP contribution in [0.15, 0.2) is 47.3 Å². The Labute approximate surface area is 132 Å². The number of hydrogen-bond acceptors (Lipinski definition) is 4. The van der Waals surface area contributed by atoms with Crippen molar-refractivity contribution in [3.8, 4) is 0 Å². The van der Waals surface area contributed by atoms with Crippen LogP contribution in [0.25, 0.3) is 10.9 Å². The minimum atomic E-state index is -0.836. The van der Waals surface area contributed by atoms with Gasteiger partial charge in [-0.3, -0.25) is 9.78 Å². The van der Waals surface area contributed by atoms with Crippen LogP contribution in [0.3, 0.4) is 0 Å². The van der Waals surface area contributed by atoms with Gasteiger partial charge >= 0.3 is 0 Å². The van der Waals surface area contributed by atoms with Crippen LogP contribution in [0.4, 0.5) is 5.95 Å². The standard InChI is InChI=1S/C18H17N3O2/c1-18(23)13-5-3-2-4-11(13)14(18)9-10-6-7-15-12(8-10)16(22)21-17(19)20-15/h2-8,14,23H,9H2,1H3,(H3,19,20,21,22). The normalized spacial score (nSPS) is 22.6. The van der Waals surface area contributed by atoms with Crippen molar-refractivity contribution in [2.24, 2.45) is 0 Å². The Bertz CT molecular complexity index is 975. The van der Waals surface area contributed by atoms with Crippen LogP contribution in [-0.4, -0.2) is 15.1 Å². The molecule has 1 aliphatic carbocycles. The number of nitrogens with two attached hydrogens (primary N) is 1. The molecule has 0 saturated heterocycles. The summed E-state index contributed by atoms with van der Waals surface area (Å²) < 4.78 is 0. The highest BCUT2D eigenvalue weighted by molar-refractivity contribution is 5.79. The zero-order valence-corrected chi connectivity index (χ0v) is 12.7. The zero-order valence-electron chi connectivity index (χ0n) is 12.7. The Kier molecular flexibility index (Phi) is 2.83. The van der Waals surface area contributed by atoms with Crippen molar-refractivity contribution in [3.05, 3.63) is 69.5 Å². The van der Waals surface area contributed by atoms with E-state index >= 15 is 0 Å². The van der Waals surface area contributed by atoms with Gasteiger partial charge in [-0.15, -0.1) is 0 Å². The molecule has 2 atom stereocenters. The first-order valence-electron chi connectivity index (χ1n) is 7.57. The number of fused-ring (bicyclic) bond motifs is 2. The highest BCUT2D eigenvalue weighted by Gasteiger charge is 2.46. The highest BCUT2D eigenvalue weighted by atomic mass is 16.3. The van der Waals surface area contributed by atoms with E-state index in [1.54, 1.807) is 6.07 Å². The van der Waals surface area contributed by atoms with E-state index in [1.165, 1.54) is 5.56 Å². The lowest BCUT2D eigenvalue weighted by Gasteiger charge is -2.45. The Balaban J connectivity index is 1.73. The van der Waals surface area contributed by atoms with Gasteiger partial charge in [0.2, 0.25) is 5.95 Å². The Hall–Kier alpha value is -2.66. The number of nitrogen functional groups attached to an aromatic ring is 1. The van der Waals surface area contributed by atoms with Crippen LogP contribution in [0.5, 0.6) is 0 Å². The number of H-pyrrole nitrogens is 1. The predicted molar refractivity (Wildman–Crippen MR) is 89.2 cm³/mol. The molecule has 116 valence electrons. The molecule has 0 saturated carbocycles. The van der Waals surface area contributed by atoms with Gasteiger partial charge in [0.15, 0.2) is 0 Å². The van der Waals surface area contributed by atoms with Crippen molar-refractivity contribution >= 4 is 16.9 Å². The van der Waals surface area contributed by atoms with E-state index in [0.29, 0.717) is 17.3 Å². The number of anilines is 1. The molecule has 2 aromatic carbocycles. The molecule has 0 fully saturated rings. The summed E-state index contributed by atoms with van der Waals surface area (Å²) in [5.41, 5.74) is 8.21. The number of nitrogens with zero attached hydrogens (tertiary/aromatic N) is 1. The molecular weight excluding hydrogens is 290 g/mol. The second-order valence-electron chi connectivity index (χ2n) is 6.29. The van der Waals surface area contributed by atoms with Gasteiger partial charge in [0, 0.05) is 5.92 Å². The molecular formula is C18H17N3O2. The molecule has 0 bridgehead atoms. The number of nitrogens with one attached hydrogen (secondary N) is 1. The van der Waals surface area contributed by atoms with Gasteiger partial charge in [0.25, 0.3) is 5.56 Å². The fourth-order valence-electron chi connectivity index (χ4n) is 3.55. The van der Waals surface area contributed by atoms with E-state index in [9.17, 15) is 9.90 Å². The van der Waals surface area contributed by atoms with Crippen molar-refractivity contribution in [2.75, 3.05) is 5.73 Å². The summed E-state index contributed by atoms with van der Waals surface area (Å²) in [6.07, 6.45) is 0.670. The van der Waals surface area contributed by atoms with Crippen molar-refractivity contribution in [2.45, 2.75) is 24.9 Å². The van der Waals surface area contributed by atoms with Crippen LogP contribution in [0.2, 0.25) is 0 Å². The van der Waals surface area contributed by atoms with Crippen molar-refractivity contribution in [1.29, 1.82) is 0 Å². The highest BCUT2D eigenvalue weighted by Crippen LogP contribution is 2.51. The van der Waals surface area contributed by atoms with Gasteiger partial charge in [0.1, 0.15) is 0 Å². The number of aromatic nitrogens is 2. The average molecular weight is 307 g/mol.